The van der Waals surface area contributed by atoms with Crippen LogP contribution in [0.1, 0.15) is 32.4 Å². The Balaban J connectivity index is 2.56. The maximum absolute atomic E-state index is 10.3. The summed E-state index contributed by atoms with van der Waals surface area (Å²) in [6.07, 6.45) is 1.47. The molecule has 1 aromatic heterocycles. The second-order valence-electron chi connectivity index (χ2n) is 5.05. The molecule has 0 aliphatic heterocycles. The molecule has 2 nitrogen and oxygen atoms in total. The largest absolute Gasteiger partial charge is 0.388 e. The number of aliphatic hydroxyl groups excluding tert-OH is 1. The van der Waals surface area contributed by atoms with E-state index in [-0.39, 0.29) is 5.41 Å². The summed E-state index contributed by atoms with van der Waals surface area (Å²) in [6, 6.07) is 8.00. The van der Waals surface area contributed by atoms with Crippen molar-refractivity contribution < 1.29 is 5.11 Å². The lowest BCUT2D eigenvalue weighted by atomic mass is 9.84. The van der Waals surface area contributed by atoms with Crippen LogP contribution >= 0.6 is 0 Å². The Hall–Kier alpha value is -1.28. The number of aromatic nitrogens is 1. The summed E-state index contributed by atoms with van der Waals surface area (Å²) < 4.78 is 0. The van der Waals surface area contributed by atoms with Gasteiger partial charge < -0.3 is 10.1 Å². The minimum Gasteiger partial charge on any atom is -0.388 e. The van der Waals surface area contributed by atoms with Crippen LogP contribution in [0.5, 0.6) is 0 Å². The van der Waals surface area contributed by atoms with Crippen LogP contribution in [0.15, 0.2) is 30.5 Å². The minimum atomic E-state index is -0.433. The molecule has 0 aliphatic rings. The predicted octanol–water partition coefficient (Wildman–Crippen LogP) is 3.25. The molecule has 2 aromatic rings. The molecule has 2 heteroatoms. The van der Waals surface area contributed by atoms with Gasteiger partial charge in [0.2, 0.25) is 0 Å². The second kappa shape index (κ2) is 3.38. The van der Waals surface area contributed by atoms with Gasteiger partial charge in [-0.15, -0.1) is 0 Å². The molecule has 0 radical (unpaired) electrons. The van der Waals surface area contributed by atoms with Crippen LogP contribution in [0.3, 0.4) is 0 Å². The molecule has 1 atom stereocenters. The van der Waals surface area contributed by atoms with Gasteiger partial charge in [-0.1, -0.05) is 32.9 Å². The van der Waals surface area contributed by atoms with E-state index in [0.717, 1.165) is 16.5 Å². The fourth-order valence-electron chi connectivity index (χ4n) is 1.81. The van der Waals surface area contributed by atoms with Gasteiger partial charge in [0.1, 0.15) is 0 Å². The third kappa shape index (κ3) is 1.77. The fourth-order valence-corrected chi connectivity index (χ4v) is 1.81. The number of aromatic amines is 1. The molecule has 0 saturated heterocycles. The van der Waals surface area contributed by atoms with Gasteiger partial charge in [-0.3, -0.25) is 0 Å². The zero-order valence-corrected chi connectivity index (χ0v) is 9.41. The molecule has 2 N–H and O–H groups in total. The number of hydrogen-bond acceptors (Lipinski definition) is 1. The van der Waals surface area contributed by atoms with Gasteiger partial charge in [0.05, 0.1) is 6.10 Å². The van der Waals surface area contributed by atoms with E-state index in [1.54, 1.807) is 0 Å². The van der Waals surface area contributed by atoms with Crippen LogP contribution in [-0.4, -0.2) is 10.1 Å². The fraction of sp³-hybridized carbons (Fsp3) is 0.385. The SMILES string of the molecule is CC(C)(C)C(O)c1cccc2[nH]ccc12. The zero-order valence-electron chi connectivity index (χ0n) is 9.41. The van der Waals surface area contributed by atoms with Crippen molar-refractivity contribution in [2.24, 2.45) is 5.41 Å². The molecule has 0 saturated carbocycles. The summed E-state index contributed by atoms with van der Waals surface area (Å²) in [5.74, 6) is 0. The Morgan fingerprint density at radius 2 is 1.93 bits per heavy atom. The van der Waals surface area contributed by atoms with Crippen LogP contribution in [0.2, 0.25) is 0 Å². The minimum absolute atomic E-state index is 0.133. The summed E-state index contributed by atoms with van der Waals surface area (Å²) in [7, 11) is 0. The molecule has 0 aliphatic carbocycles. The smallest absolute Gasteiger partial charge is 0.0844 e. The van der Waals surface area contributed by atoms with Crippen molar-refractivity contribution in [1.82, 2.24) is 4.98 Å². The molecule has 1 heterocycles. The lowest BCUT2D eigenvalue weighted by Crippen LogP contribution is -2.17. The van der Waals surface area contributed by atoms with Crippen molar-refractivity contribution in [3.05, 3.63) is 36.0 Å². The summed E-state index contributed by atoms with van der Waals surface area (Å²) in [5.41, 5.74) is 1.95. The highest BCUT2D eigenvalue weighted by molar-refractivity contribution is 5.83. The molecule has 0 bridgehead atoms. The Kier molecular flexibility index (Phi) is 2.31. The van der Waals surface area contributed by atoms with Crippen molar-refractivity contribution in [3.8, 4) is 0 Å². The lowest BCUT2D eigenvalue weighted by molar-refractivity contribution is 0.0639. The lowest BCUT2D eigenvalue weighted by Gasteiger charge is -2.26. The number of aliphatic hydroxyl groups is 1. The highest BCUT2D eigenvalue weighted by Gasteiger charge is 2.25. The van der Waals surface area contributed by atoms with Crippen LogP contribution in [0.25, 0.3) is 10.9 Å². The van der Waals surface area contributed by atoms with Gasteiger partial charge in [-0.2, -0.15) is 0 Å². The Morgan fingerprint density at radius 1 is 1.20 bits per heavy atom. The average molecular weight is 203 g/mol. The van der Waals surface area contributed by atoms with E-state index >= 15 is 0 Å². The zero-order chi connectivity index (χ0) is 11.1. The van der Waals surface area contributed by atoms with Crippen molar-refractivity contribution in [3.63, 3.8) is 0 Å². The first-order valence-electron chi connectivity index (χ1n) is 5.24. The number of nitrogens with one attached hydrogen (secondary N) is 1. The highest BCUT2D eigenvalue weighted by atomic mass is 16.3. The molecule has 1 unspecified atom stereocenters. The topological polar surface area (TPSA) is 36.0 Å². The molecule has 0 fully saturated rings. The van der Waals surface area contributed by atoms with Gasteiger partial charge in [-0.25, -0.2) is 0 Å². The average Bonchev–Trinajstić information content (AvgIpc) is 2.62. The van der Waals surface area contributed by atoms with Gasteiger partial charge in [0.15, 0.2) is 0 Å². The van der Waals surface area contributed by atoms with E-state index in [4.69, 9.17) is 0 Å². The summed E-state index contributed by atoms with van der Waals surface area (Å²) >= 11 is 0. The Labute approximate surface area is 89.9 Å². The molecule has 2 rings (SSSR count). The molecule has 1 aromatic carbocycles. The highest BCUT2D eigenvalue weighted by Crippen LogP contribution is 2.35. The standard InChI is InChI=1S/C13H17NO/c1-13(2,3)12(15)10-5-4-6-11-9(10)7-8-14-11/h4-8,12,14-15H,1-3H3. The number of benzene rings is 1. The van der Waals surface area contributed by atoms with Gasteiger partial charge in [0, 0.05) is 17.1 Å². The van der Waals surface area contributed by atoms with E-state index in [1.165, 1.54) is 0 Å². The van der Waals surface area contributed by atoms with Crippen LogP contribution < -0.4 is 0 Å². The van der Waals surface area contributed by atoms with Crippen LogP contribution in [-0.2, 0) is 0 Å². The Morgan fingerprint density at radius 3 is 2.60 bits per heavy atom. The van der Waals surface area contributed by atoms with Crippen molar-refractivity contribution in [2.45, 2.75) is 26.9 Å². The maximum Gasteiger partial charge on any atom is 0.0844 e. The van der Waals surface area contributed by atoms with Crippen molar-refractivity contribution in [1.29, 1.82) is 0 Å². The Bertz CT molecular complexity index is 465. The molecule has 15 heavy (non-hydrogen) atoms. The van der Waals surface area contributed by atoms with Crippen molar-refractivity contribution in [2.75, 3.05) is 0 Å². The monoisotopic (exact) mass is 203 g/mol. The second-order valence-corrected chi connectivity index (χ2v) is 5.05. The first-order valence-corrected chi connectivity index (χ1v) is 5.24. The first-order chi connectivity index (χ1) is 7.00. The molecular formula is C13H17NO. The molecule has 0 spiro atoms. The number of H-pyrrole nitrogens is 1. The molecule has 0 amide bonds. The normalized spacial score (nSPS) is 14.4. The van der Waals surface area contributed by atoms with Crippen LogP contribution in [0, 0.1) is 5.41 Å². The maximum atomic E-state index is 10.3. The van der Waals surface area contributed by atoms with E-state index in [0.29, 0.717) is 0 Å². The summed E-state index contributed by atoms with van der Waals surface area (Å²) in [6.45, 7) is 6.13. The van der Waals surface area contributed by atoms with E-state index in [1.807, 2.05) is 51.2 Å². The molecular weight excluding hydrogens is 186 g/mol. The first kappa shape index (κ1) is 10.2. The van der Waals surface area contributed by atoms with E-state index in [2.05, 4.69) is 4.98 Å². The third-order valence-corrected chi connectivity index (χ3v) is 2.74. The van der Waals surface area contributed by atoms with Gasteiger partial charge >= 0.3 is 0 Å². The third-order valence-electron chi connectivity index (χ3n) is 2.74. The van der Waals surface area contributed by atoms with Crippen molar-refractivity contribution >= 4 is 10.9 Å². The number of hydrogen-bond donors (Lipinski definition) is 2. The van der Waals surface area contributed by atoms with Gasteiger partial charge in [0.25, 0.3) is 0 Å². The number of rotatable bonds is 1. The summed E-state index contributed by atoms with van der Waals surface area (Å²) in [4.78, 5) is 3.16. The quantitative estimate of drug-likeness (QED) is 0.733. The van der Waals surface area contributed by atoms with Crippen LogP contribution in [0.4, 0.5) is 0 Å². The number of fused-ring (bicyclic) bond motifs is 1. The molecule has 80 valence electrons. The van der Waals surface area contributed by atoms with E-state index in [9.17, 15) is 5.11 Å². The predicted molar refractivity (Wildman–Crippen MR) is 62.7 cm³/mol. The van der Waals surface area contributed by atoms with E-state index < -0.39 is 6.10 Å². The summed E-state index contributed by atoms with van der Waals surface area (Å²) in [5, 5.41) is 11.4. The van der Waals surface area contributed by atoms with Gasteiger partial charge in [-0.05, 0) is 23.1 Å².